The van der Waals surface area contributed by atoms with E-state index in [4.69, 9.17) is 51.1 Å². The van der Waals surface area contributed by atoms with Gasteiger partial charge in [0, 0.05) is 26.1 Å². The fourth-order valence-corrected chi connectivity index (χ4v) is 1.29. The molecule has 0 heterocycles. The van der Waals surface area contributed by atoms with E-state index in [1.807, 2.05) is 0 Å². The maximum absolute atomic E-state index is 9.90. The molecule has 0 aliphatic rings. The van der Waals surface area contributed by atoms with E-state index in [9.17, 15) is 19.2 Å². The van der Waals surface area contributed by atoms with Gasteiger partial charge in [-0.2, -0.15) is 0 Å². The molecule has 0 aromatic heterocycles. The fraction of sp³-hybridized carbons (Fsp3) is 0.789. The van der Waals surface area contributed by atoms with E-state index in [0.29, 0.717) is 12.8 Å². The highest BCUT2D eigenvalue weighted by molar-refractivity contribution is 5.75. The standard InChI is InChI=1S/C6H10O4.C5H12O4.C4H6O4.C4H10O2/c7-5(8)3-1-2-4-6(9)10;6-1-5(2-7,3-8)4-9;5-3(6)1-2-4(7)8;5-3-1-2-4-6/h1-4H2,(H,7,8)(H,9,10);6-9H,1-4H2;1-2H2,(H,5,6)(H,7,8);5-6H,1-4H2. The Balaban J connectivity index is -0.000000173. The van der Waals surface area contributed by atoms with Gasteiger partial charge in [0.15, 0.2) is 0 Å². The molecule has 0 aliphatic carbocycles. The summed E-state index contributed by atoms with van der Waals surface area (Å²) in [5.74, 6) is -3.89. The minimum absolute atomic E-state index is 0.0628. The van der Waals surface area contributed by atoms with Crippen molar-refractivity contribution in [3.8, 4) is 0 Å². The minimum Gasteiger partial charge on any atom is -0.481 e. The number of aliphatic hydroxyl groups excluding tert-OH is 6. The van der Waals surface area contributed by atoms with Crippen LogP contribution in [-0.2, 0) is 19.2 Å². The van der Waals surface area contributed by atoms with Crippen molar-refractivity contribution >= 4 is 23.9 Å². The summed E-state index contributed by atoms with van der Waals surface area (Å²) in [4.78, 5) is 39.1. The van der Waals surface area contributed by atoms with Crippen LogP contribution in [0.1, 0.15) is 51.4 Å². The Morgan fingerprint density at radius 3 is 0.788 bits per heavy atom. The number of aliphatic hydroxyl groups is 6. The van der Waals surface area contributed by atoms with Gasteiger partial charge >= 0.3 is 23.9 Å². The zero-order valence-electron chi connectivity index (χ0n) is 18.5. The first-order chi connectivity index (χ1) is 15.4. The van der Waals surface area contributed by atoms with Crippen molar-refractivity contribution in [3.05, 3.63) is 0 Å². The van der Waals surface area contributed by atoms with Gasteiger partial charge in [0.2, 0.25) is 0 Å². The molecule has 0 spiro atoms. The van der Waals surface area contributed by atoms with Crippen molar-refractivity contribution in [1.29, 1.82) is 0 Å². The summed E-state index contributed by atoms with van der Waals surface area (Å²) in [5.41, 5.74) is -1.11. The summed E-state index contributed by atoms with van der Waals surface area (Å²) < 4.78 is 0. The van der Waals surface area contributed by atoms with Gasteiger partial charge in [-0.1, -0.05) is 0 Å². The number of hydrogen-bond acceptors (Lipinski definition) is 10. The molecule has 0 unspecified atom stereocenters. The van der Waals surface area contributed by atoms with Gasteiger partial charge in [0.1, 0.15) is 0 Å². The Hall–Kier alpha value is -2.36. The van der Waals surface area contributed by atoms with Gasteiger partial charge in [-0.15, -0.1) is 0 Å². The number of aliphatic carboxylic acids is 4. The van der Waals surface area contributed by atoms with E-state index in [1.54, 1.807) is 0 Å². The first-order valence-corrected chi connectivity index (χ1v) is 9.94. The number of unbranched alkanes of at least 4 members (excludes halogenated alkanes) is 2. The molecular formula is C19H38O14. The van der Waals surface area contributed by atoms with E-state index in [-0.39, 0.29) is 38.9 Å². The molecule has 0 fully saturated rings. The Kier molecular flexibility index (Phi) is 31.8. The first kappa shape index (κ1) is 37.9. The molecule has 0 saturated carbocycles. The Bertz CT molecular complexity index is 439. The molecule has 0 aromatic rings. The second-order valence-corrected chi connectivity index (χ2v) is 6.57. The number of carbonyl (C=O) groups is 4. The molecule has 0 radical (unpaired) electrons. The molecule has 0 bridgehead atoms. The molecule has 0 aromatic carbocycles. The fourth-order valence-electron chi connectivity index (χ4n) is 1.29. The normalized spacial score (nSPS) is 9.76. The topological polar surface area (TPSA) is 271 Å². The third-order valence-electron chi connectivity index (χ3n) is 3.49. The SMILES string of the molecule is O=C(O)CCC(=O)O.O=C(O)CCCCC(=O)O.OCC(CO)(CO)CO.OCCCCO. The molecule has 0 saturated heterocycles. The van der Waals surface area contributed by atoms with Gasteiger partial charge in [-0.05, 0) is 25.7 Å². The smallest absolute Gasteiger partial charge is 0.303 e. The Labute approximate surface area is 191 Å². The maximum Gasteiger partial charge on any atom is 0.303 e. The predicted octanol–water partition coefficient (Wildman–Crippen LogP) is -1.65. The summed E-state index contributed by atoms with van der Waals surface area (Å²) >= 11 is 0. The average Bonchev–Trinajstić information content (AvgIpc) is 2.77. The lowest BCUT2D eigenvalue weighted by Crippen LogP contribution is -2.37. The molecule has 0 amide bonds. The van der Waals surface area contributed by atoms with Crippen LogP contribution in [-0.4, -0.2) is 115 Å². The monoisotopic (exact) mass is 490 g/mol. The van der Waals surface area contributed by atoms with Crippen LogP contribution in [0.3, 0.4) is 0 Å². The molecule has 0 rings (SSSR count). The minimum atomic E-state index is -1.11. The largest absolute Gasteiger partial charge is 0.481 e. The molecule has 198 valence electrons. The van der Waals surface area contributed by atoms with Gasteiger partial charge in [-0.25, -0.2) is 0 Å². The van der Waals surface area contributed by atoms with Crippen LogP contribution in [0, 0.1) is 5.41 Å². The number of carboxylic acid groups (broad SMARTS) is 4. The van der Waals surface area contributed by atoms with Gasteiger partial charge in [0.05, 0.1) is 44.7 Å². The molecule has 10 N–H and O–H groups in total. The van der Waals surface area contributed by atoms with Crippen LogP contribution in [0.4, 0.5) is 0 Å². The molecule has 0 atom stereocenters. The van der Waals surface area contributed by atoms with Crippen LogP contribution in [0.15, 0.2) is 0 Å². The van der Waals surface area contributed by atoms with E-state index in [0.717, 1.165) is 12.8 Å². The van der Waals surface area contributed by atoms with Crippen molar-refractivity contribution in [2.45, 2.75) is 51.4 Å². The summed E-state index contributed by atoms with van der Waals surface area (Å²) in [6.07, 6.45) is 1.86. The Morgan fingerprint density at radius 1 is 0.424 bits per heavy atom. The summed E-state index contributed by atoms with van der Waals surface area (Å²) in [5, 5.41) is 82.2. The van der Waals surface area contributed by atoms with Crippen LogP contribution in [0.2, 0.25) is 0 Å². The molecular weight excluding hydrogens is 452 g/mol. The van der Waals surface area contributed by atoms with Crippen LogP contribution in [0.5, 0.6) is 0 Å². The third-order valence-corrected chi connectivity index (χ3v) is 3.49. The van der Waals surface area contributed by atoms with E-state index in [1.165, 1.54) is 0 Å². The predicted molar refractivity (Wildman–Crippen MR) is 112 cm³/mol. The van der Waals surface area contributed by atoms with Gasteiger partial charge in [-0.3, -0.25) is 19.2 Å². The van der Waals surface area contributed by atoms with E-state index in [2.05, 4.69) is 0 Å². The zero-order chi connectivity index (χ0) is 26.7. The lowest BCUT2D eigenvalue weighted by Gasteiger charge is -2.23. The highest BCUT2D eigenvalue weighted by Crippen LogP contribution is 2.11. The number of hydrogen-bond donors (Lipinski definition) is 10. The average molecular weight is 490 g/mol. The summed E-state index contributed by atoms with van der Waals surface area (Å²) in [6.45, 7) is -1.23. The highest BCUT2D eigenvalue weighted by atomic mass is 16.4. The van der Waals surface area contributed by atoms with Crippen molar-refractivity contribution in [2.24, 2.45) is 5.41 Å². The number of carboxylic acids is 4. The summed E-state index contributed by atoms with van der Waals surface area (Å²) in [7, 11) is 0. The van der Waals surface area contributed by atoms with Crippen molar-refractivity contribution in [3.63, 3.8) is 0 Å². The van der Waals surface area contributed by atoms with Crippen LogP contribution in [0.25, 0.3) is 0 Å². The zero-order valence-corrected chi connectivity index (χ0v) is 18.5. The van der Waals surface area contributed by atoms with E-state index < -0.39 is 55.7 Å². The van der Waals surface area contributed by atoms with Crippen molar-refractivity contribution < 1.29 is 70.2 Å². The van der Waals surface area contributed by atoms with Crippen molar-refractivity contribution in [2.75, 3.05) is 39.6 Å². The molecule has 14 heteroatoms. The van der Waals surface area contributed by atoms with Gasteiger partial charge in [0.25, 0.3) is 0 Å². The Morgan fingerprint density at radius 2 is 0.667 bits per heavy atom. The molecule has 14 nitrogen and oxygen atoms in total. The second-order valence-electron chi connectivity index (χ2n) is 6.57. The maximum atomic E-state index is 9.90. The van der Waals surface area contributed by atoms with E-state index >= 15 is 0 Å². The van der Waals surface area contributed by atoms with Crippen LogP contribution < -0.4 is 0 Å². The lowest BCUT2D eigenvalue weighted by molar-refractivity contribution is -0.143. The number of rotatable bonds is 15. The third kappa shape index (κ3) is 37.3. The quantitative estimate of drug-likeness (QED) is 0.115. The molecule has 0 aliphatic heterocycles. The second kappa shape index (κ2) is 27.7. The molecule has 33 heavy (non-hydrogen) atoms. The lowest BCUT2D eigenvalue weighted by atomic mass is 9.93. The highest BCUT2D eigenvalue weighted by Gasteiger charge is 2.26. The van der Waals surface area contributed by atoms with Crippen molar-refractivity contribution in [1.82, 2.24) is 0 Å². The summed E-state index contributed by atoms with van der Waals surface area (Å²) in [6, 6.07) is 0. The van der Waals surface area contributed by atoms with Crippen LogP contribution >= 0.6 is 0 Å². The van der Waals surface area contributed by atoms with Gasteiger partial charge < -0.3 is 51.1 Å². The first-order valence-electron chi connectivity index (χ1n) is 9.94.